The van der Waals surface area contributed by atoms with Crippen molar-refractivity contribution in [3.8, 4) is 39.9 Å². The molecule has 5 aromatic carbocycles. The molecule has 11 nitrogen and oxygen atoms in total. The molecule has 0 saturated carbocycles. The van der Waals surface area contributed by atoms with Crippen LogP contribution in [0.1, 0.15) is 92.3 Å². The Morgan fingerprint density at radius 1 is 0.620 bits per heavy atom. The summed E-state index contributed by atoms with van der Waals surface area (Å²) in [6, 6.07) is 32.4. The minimum Gasteiger partial charge on any atom is -0.488 e. The van der Waals surface area contributed by atoms with Gasteiger partial charge in [-0.05, 0) is 193 Å². The van der Waals surface area contributed by atoms with Gasteiger partial charge in [0.05, 0.1) is 17.8 Å². The third kappa shape index (κ3) is 14.3. The van der Waals surface area contributed by atoms with E-state index in [0.29, 0.717) is 40.1 Å². The standard InChI is InChI=1S/C56H55N3O8.2C2H6/c1-9-10-13-48(66-56(7,8)41-34-37(2)53(38(3)35-41)67-55(4,5)6)14-11-12-33-57-49-36-52(62)59(54(49)63)43-21-29-47(30-22-43)65-45-25-17-40(18-26-45)39-15-23-44(24-16-39)64-46-27-19-42(20-28-46)58-50(60)31-32-51(58)61;2*1-2/h9-35,49,57H,36H2,1-8H3;2*1-2H3/b10-9-,14-11-,33-12+,48-13+;;. The van der Waals surface area contributed by atoms with Gasteiger partial charge in [0.15, 0.2) is 0 Å². The van der Waals surface area contributed by atoms with Gasteiger partial charge in [-0.1, -0.05) is 70.2 Å². The van der Waals surface area contributed by atoms with Gasteiger partial charge in [-0.15, -0.1) is 0 Å². The number of allylic oxidation sites excluding steroid dienone is 6. The lowest BCUT2D eigenvalue weighted by Gasteiger charge is -2.30. The topological polar surface area (TPSA) is 124 Å². The Morgan fingerprint density at radius 2 is 1.07 bits per heavy atom. The number of carbonyl (C=O) groups is 4. The van der Waals surface area contributed by atoms with Crippen LogP contribution in [-0.2, 0) is 29.5 Å². The molecule has 1 saturated heterocycles. The zero-order chi connectivity index (χ0) is 51.9. The van der Waals surface area contributed by atoms with E-state index in [2.05, 4.69) is 31.3 Å². The van der Waals surface area contributed by atoms with Gasteiger partial charge in [-0.2, -0.15) is 0 Å². The SMILES string of the molecule is CC.CC.C\C=C/C=C(\C=C/C=C/NC1CC(=O)N(c2ccc(Oc3ccc(-c4ccc(Oc5ccc(N6C(=O)C=CC6=O)cc5)cc4)cc3)cc2)C1=O)OC(C)(C)c1cc(C)c(OC(C)(C)C)c(C)c1. The summed E-state index contributed by atoms with van der Waals surface area (Å²) >= 11 is 0. The summed E-state index contributed by atoms with van der Waals surface area (Å²) in [4.78, 5) is 52.7. The molecule has 0 bridgehead atoms. The first-order chi connectivity index (χ1) is 34.0. The Balaban J connectivity index is 0.00000228. The van der Waals surface area contributed by atoms with E-state index < -0.39 is 11.6 Å². The smallest absolute Gasteiger partial charge is 0.258 e. The number of imide groups is 2. The Labute approximate surface area is 419 Å². The molecule has 7 rings (SSSR count). The number of aryl methyl sites for hydroxylation is 2. The molecular formula is C60H67N3O8. The van der Waals surface area contributed by atoms with Crippen molar-refractivity contribution in [2.24, 2.45) is 0 Å². The summed E-state index contributed by atoms with van der Waals surface area (Å²) in [7, 11) is 0. The molecule has 2 aliphatic rings. The largest absolute Gasteiger partial charge is 0.488 e. The Morgan fingerprint density at radius 3 is 1.52 bits per heavy atom. The van der Waals surface area contributed by atoms with E-state index >= 15 is 0 Å². The van der Waals surface area contributed by atoms with Crippen LogP contribution in [-0.4, -0.2) is 35.3 Å². The fourth-order valence-corrected chi connectivity index (χ4v) is 7.53. The maximum Gasteiger partial charge on any atom is 0.258 e. The first-order valence-electron chi connectivity index (χ1n) is 24.1. The van der Waals surface area contributed by atoms with Crippen LogP contribution in [0.25, 0.3) is 11.1 Å². The molecule has 71 heavy (non-hydrogen) atoms. The van der Waals surface area contributed by atoms with Gasteiger partial charge in [0, 0.05) is 12.2 Å². The lowest BCUT2D eigenvalue weighted by molar-refractivity contribution is -0.122. The predicted molar refractivity (Wildman–Crippen MR) is 285 cm³/mol. The third-order valence-corrected chi connectivity index (χ3v) is 10.8. The van der Waals surface area contributed by atoms with Crippen molar-refractivity contribution in [3.05, 3.63) is 186 Å². The predicted octanol–water partition coefficient (Wildman–Crippen LogP) is 13.9. The Bertz CT molecular complexity index is 2750. The Hall–Kier alpha value is -7.92. The third-order valence-electron chi connectivity index (χ3n) is 10.8. The van der Waals surface area contributed by atoms with Crippen molar-refractivity contribution in [2.45, 2.75) is 107 Å². The van der Waals surface area contributed by atoms with Gasteiger partial charge < -0.3 is 24.3 Å². The van der Waals surface area contributed by atoms with Crippen LogP contribution in [0.4, 0.5) is 11.4 Å². The molecule has 0 spiro atoms. The van der Waals surface area contributed by atoms with E-state index in [1.165, 1.54) is 17.1 Å². The zero-order valence-corrected chi connectivity index (χ0v) is 43.0. The summed E-state index contributed by atoms with van der Waals surface area (Å²) in [6.45, 7) is 24.2. The summed E-state index contributed by atoms with van der Waals surface area (Å²) in [5.41, 5.74) is 5.04. The highest BCUT2D eigenvalue weighted by atomic mass is 16.5. The summed E-state index contributed by atoms with van der Waals surface area (Å²) in [6.07, 6.45) is 15.4. The van der Waals surface area contributed by atoms with E-state index in [4.69, 9.17) is 18.9 Å². The molecule has 5 aromatic rings. The van der Waals surface area contributed by atoms with Crippen molar-refractivity contribution in [1.82, 2.24) is 5.32 Å². The number of hydrogen-bond donors (Lipinski definition) is 1. The molecule has 1 atom stereocenters. The van der Waals surface area contributed by atoms with E-state index in [1.54, 1.807) is 60.8 Å². The van der Waals surface area contributed by atoms with Crippen molar-refractivity contribution in [1.29, 1.82) is 0 Å². The lowest BCUT2D eigenvalue weighted by Crippen LogP contribution is -2.36. The van der Waals surface area contributed by atoms with Gasteiger partial charge in [-0.3, -0.25) is 19.2 Å². The molecule has 4 amide bonds. The van der Waals surface area contributed by atoms with Crippen LogP contribution in [0.3, 0.4) is 0 Å². The second-order valence-electron chi connectivity index (χ2n) is 17.7. The highest BCUT2D eigenvalue weighted by molar-refractivity contribution is 6.28. The summed E-state index contributed by atoms with van der Waals surface area (Å²) in [5.74, 6) is 2.51. The molecule has 0 aromatic heterocycles. The number of benzene rings is 5. The summed E-state index contributed by atoms with van der Waals surface area (Å²) < 4.78 is 24.8. The molecule has 370 valence electrons. The molecular weight excluding hydrogens is 891 g/mol. The molecule has 0 aliphatic carbocycles. The number of hydrogen-bond acceptors (Lipinski definition) is 9. The number of nitrogens with one attached hydrogen (secondary N) is 1. The van der Waals surface area contributed by atoms with Gasteiger partial charge >= 0.3 is 0 Å². The van der Waals surface area contributed by atoms with Gasteiger partial charge in [0.25, 0.3) is 17.7 Å². The van der Waals surface area contributed by atoms with E-state index in [1.807, 2.05) is 148 Å². The van der Waals surface area contributed by atoms with Crippen LogP contribution < -0.4 is 29.3 Å². The van der Waals surface area contributed by atoms with Crippen molar-refractivity contribution in [3.63, 3.8) is 0 Å². The molecule has 11 heteroatoms. The first-order valence-corrected chi connectivity index (χ1v) is 24.1. The monoisotopic (exact) mass is 957 g/mol. The fourth-order valence-electron chi connectivity index (χ4n) is 7.53. The minimum atomic E-state index is -0.710. The highest BCUT2D eigenvalue weighted by Crippen LogP contribution is 2.36. The molecule has 1 fully saturated rings. The van der Waals surface area contributed by atoms with E-state index in [0.717, 1.165) is 38.5 Å². The second-order valence-corrected chi connectivity index (χ2v) is 17.7. The van der Waals surface area contributed by atoms with Crippen LogP contribution in [0, 0.1) is 13.8 Å². The highest BCUT2D eigenvalue weighted by Gasteiger charge is 2.39. The fraction of sp³-hybridized carbons (Fsp3) is 0.267. The van der Waals surface area contributed by atoms with Crippen molar-refractivity contribution < 1.29 is 38.1 Å². The average molecular weight is 958 g/mol. The molecule has 2 heterocycles. The zero-order valence-electron chi connectivity index (χ0n) is 43.0. The second kappa shape index (κ2) is 24.6. The maximum atomic E-state index is 13.4. The molecule has 2 aliphatic heterocycles. The molecule has 0 radical (unpaired) electrons. The van der Waals surface area contributed by atoms with Crippen LogP contribution in [0.15, 0.2) is 170 Å². The van der Waals surface area contributed by atoms with E-state index in [-0.39, 0.29) is 35.7 Å². The van der Waals surface area contributed by atoms with E-state index in [9.17, 15) is 19.2 Å². The Kier molecular flexibility index (Phi) is 18.7. The molecule has 1 N–H and O–H groups in total. The number of anilines is 2. The summed E-state index contributed by atoms with van der Waals surface area (Å²) in [5, 5.41) is 3.09. The van der Waals surface area contributed by atoms with Crippen LogP contribution >= 0.6 is 0 Å². The number of ether oxygens (including phenoxy) is 4. The average Bonchev–Trinajstić information content (AvgIpc) is 3.84. The maximum absolute atomic E-state index is 13.4. The number of rotatable bonds is 16. The van der Waals surface area contributed by atoms with Crippen LogP contribution in [0.5, 0.6) is 28.7 Å². The number of carbonyl (C=O) groups excluding carboxylic acids is 4. The van der Waals surface area contributed by atoms with Crippen molar-refractivity contribution >= 4 is 35.0 Å². The molecule has 1 unspecified atom stereocenters. The quantitative estimate of drug-likeness (QED) is 0.0585. The minimum absolute atomic E-state index is 0.0223. The van der Waals surface area contributed by atoms with Gasteiger partial charge in [-0.25, -0.2) is 9.80 Å². The lowest BCUT2D eigenvalue weighted by atomic mass is 9.93. The van der Waals surface area contributed by atoms with Gasteiger partial charge in [0.1, 0.15) is 51.8 Å². The van der Waals surface area contributed by atoms with Crippen LogP contribution in [0.2, 0.25) is 0 Å². The normalized spacial score (nSPS) is 15.0. The van der Waals surface area contributed by atoms with Crippen molar-refractivity contribution in [2.75, 3.05) is 9.80 Å². The number of nitrogens with zero attached hydrogens (tertiary/aromatic N) is 2. The first kappa shape index (κ1) is 54.0. The van der Waals surface area contributed by atoms with Gasteiger partial charge in [0.2, 0.25) is 5.91 Å². The number of amides is 4.